The van der Waals surface area contributed by atoms with E-state index >= 15 is 0 Å². The van der Waals surface area contributed by atoms with Crippen molar-refractivity contribution in [3.05, 3.63) is 18.2 Å². The van der Waals surface area contributed by atoms with E-state index in [9.17, 15) is 9.59 Å². The summed E-state index contributed by atoms with van der Waals surface area (Å²) >= 11 is 1.34. The molecule has 0 aliphatic carbocycles. The Labute approximate surface area is 125 Å². The zero-order valence-corrected chi connectivity index (χ0v) is 12.5. The maximum atomic E-state index is 11.8. The number of carbonyl (C=O) groups is 2. The van der Waals surface area contributed by atoms with Gasteiger partial charge in [-0.15, -0.1) is 0 Å². The summed E-state index contributed by atoms with van der Waals surface area (Å²) in [6.45, 7) is 1.58. The lowest BCUT2D eigenvalue weighted by Gasteiger charge is -2.10. The van der Waals surface area contributed by atoms with Gasteiger partial charge in [-0.1, -0.05) is 11.3 Å². The Morgan fingerprint density at radius 2 is 2.19 bits per heavy atom. The molecule has 0 radical (unpaired) electrons. The van der Waals surface area contributed by atoms with Crippen LogP contribution in [-0.4, -0.2) is 36.6 Å². The van der Waals surface area contributed by atoms with Crippen LogP contribution >= 0.6 is 11.3 Å². The molecule has 2 amide bonds. The van der Waals surface area contributed by atoms with Crippen LogP contribution in [0, 0.1) is 0 Å². The minimum atomic E-state index is -0.720. The third-order valence-corrected chi connectivity index (χ3v) is 3.56. The molecule has 2 aromatic rings. The smallest absolute Gasteiger partial charge is 0.243 e. The minimum Gasteiger partial charge on any atom is -0.383 e. The summed E-state index contributed by atoms with van der Waals surface area (Å²) in [5, 5.41) is 5.88. The summed E-state index contributed by atoms with van der Waals surface area (Å²) in [6.07, 6.45) is 0. The first kappa shape index (κ1) is 15.4. The zero-order chi connectivity index (χ0) is 15.4. The third-order valence-electron chi connectivity index (χ3n) is 2.62. The van der Waals surface area contributed by atoms with E-state index in [1.165, 1.54) is 25.4 Å². The van der Waals surface area contributed by atoms with Gasteiger partial charge >= 0.3 is 0 Å². The van der Waals surface area contributed by atoms with Crippen LogP contribution in [0.15, 0.2) is 18.2 Å². The molecule has 1 unspecified atom stereocenters. The number of methoxy groups -OCH3 is 1. The monoisotopic (exact) mass is 308 g/mol. The molecule has 4 N–H and O–H groups in total. The Morgan fingerprint density at radius 3 is 2.86 bits per heavy atom. The number of carbonyl (C=O) groups excluding carboxylic acids is 2. The Morgan fingerprint density at radius 1 is 1.43 bits per heavy atom. The van der Waals surface area contributed by atoms with Crippen LogP contribution in [0.5, 0.6) is 0 Å². The lowest BCUT2D eigenvalue weighted by Crippen LogP contribution is -2.39. The van der Waals surface area contributed by atoms with E-state index in [2.05, 4.69) is 15.6 Å². The Bertz CT molecular complexity index is 670. The van der Waals surface area contributed by atoms with E-state index in [4.69, 9.17) is 10.5 Å². The van der Waals surface area contributed by atoms with Crippen molar-refractivity contribution in [2.75, 3.05) is 24.4 Å². The molecule has 2 rings (SSSR count). The molecule has 0 aliphatic rings. The summed E-state index contributed by atoms with van der Waals surface area (Å²) in [4.78, 5) is 27.1. The maximum Gasteiger partial charge on any atom is 0.243 e. The fourth-order valence-corrected chi connectivity index (χ4v) is 2.65. The molecule has 112 valence electrons. The number of aromatic nitrogens is 1. The number of fused-ring (bicyclic) bond motifs is 1. The standard InChI is InChI=1S/C13H16N4O3S/c1-7(18)15-13-17-10-4-3-8(5-11(10)21-13)16-12(19)9(14)6-20-2/h3-5,9H,6,14H2,1-2H3,(H,16,19)(H,15,17,18). The van der Waals surface area contributed by atoms with Gasteiger partial charge in [-0.2, -0.15) is 0 Å². The molecule has 0 fully saturated rings. The van der Waals surface area contributed by atoms with Gasteiger partial charge in [-0.3, -0.25) is 9.59 Å². The highest BCUT2D eigenvalue weighted by Gasteiger charge is 2.14. The zero-order valence-electron chi connectivity index (χ0n) is 11.7. The van der Waals surface area contributed by atoms with Gasteiger partial charge in [0.25, 0.3) is 0 Å². The molecule has 1 aromatic carbocycles. The van der Waals surface area contributed by atoms with Crippen molar-refractivity contribution in [2.24, 2.45) is 5.73 Å². The minimum absolute atomic E-state index is 0.154. The number of nitrogens with two attached hydrogens (primary N) is 1. The number of amides is 2. The molecule has 8 heteroatoms. The van der Waals surface area contributed by atoms with Gasteiger partial charge in [0.05, 0.1) is 16.8 Å². The van der Waals surface area contributed by atoms with E-state index in [0.717, 1.165) is 10.2 Å². The van der Waals surface area contributed by atoms with E-state index in [0.29, 0.717) is 10.8 Å². The molecule has 0 spiro atoms. The van der Waals surface area contributed by atoms with Crippen molar-refractivity contribution in [3.63, 3.8) is 0 Å². The van der Waals surface area contributed by atoms with Gasteiger partial charge in [-0.05, 0) is 18.2 Å². The number of benzene rings is 1. The number of hydrogen-bond acceptors (Lipinski definition) is 6. The highest BCUT2D eigenvalue weighted by molar-refractivity contribution is 7.22. The molecule has 0 bridgehead atoms. The van der Waals surface area contributed by atoms with E-state index in [-0.39, 0.29) is 18.4 Å². The molecule has 1 heterocycles. The Hall–Kier alpha value is -2.03. The van der Waals surface area contributed by atoms with Gasteiger partial charge < -0.3 is 21.1 Å². The van der Waals surface area contributed by atoms with Gasteiger partial charge in [0, 0.05) is 19.7 Å². The highest BCUT2D eigenvalue weighted by atomic mass is 32.1. The second kappa shape index (κ2) is 6.61. The number of rotatable bonds is 5. The largest absolute Gasteiger partial charge is 0.383 e. The topological polar surface area (TPSA) is 106 Å². The summed E-state index contributed by atoms with van der Waals surface area (Å²) in [5.41, 5.74) is 7.03. The van der Waals surface area contributed by atoms with E-state index in [1.54, 1.807) is 18.2 Å². The SMILES string of the molecule is COCC(N)C(=O)Nc1ccc2nc(NC(C)=O)sc2c1. The first-order chi connectivity index (χ1) is 9.99. The van der Waals surface area contributed by atoms with Crippen molar-refractivity contribution < 1.29 is 14.3 Å². The van der Waals surface area contributed by atoms with Crippen LogP contribution in [-0.2, 0) is 14.3 Å². The van der Waals surface area contributed by atoms with Crippen molar-refractivity contribution in [3.8, 4) is 0 Å². The van der Waals surface area contributed by atoms with Gasteiger partial charge in [0.2, 0.25) is 11.8 Å². The summed E-state index contributed by atoms with van der Waals surface area (Å²) in [5.74, 6) is -0.490. The normalized spacial score (nSPS) is 12.1. The fourth-order valence-electron chi connectivity index (χ4n) is 1.70. The molecular formula is C13H16N4O3S. The Balaban J connectivity index is 2.15. The van der Waals surface area contributed by atoms with Crippen LogP contribution in [0.4, 0.5) is 10.8 Å². The molecule has 0 aliphatic heterocycles. The molecule has 0 saturated heterocycles. The number of hydrogen-bond donors (Lipinski definition) is 3. The van der Waals surface area contributed by atoms with Crippen LogP contribution in [0.25, 0.3) is 10.2 Å². The van der Waals surface area contributed by atoms with Gasteiger partial charge in [-0.25, -0.2) is 4.98 Å². The van der Waals surface area contributed by atoms with E-state index in [1.807, 2.05) is 0 Å². The third kappa shape index (κ3) is 3.97. The molecule has 0 saturated carbocycles. The number of nitrogens with one attached hydrogen (secondary N) is 2. The fraction of sp³-hybridized carbons (Fsp3) is 0.308. The summed E-state index contributed by atoms with van der Waals surface area (Å²) in [7, 11) is 1.49. The number of ether oxygens (including phenoxy) is 1. The van der Waals surface area contributed by atoms with Crippen LogP contribution in [0.2, 0.25) is 0 Å². The summed E-state index contributed by atoms with van der Waals surface area (Å²) < 4.78 is 5.70. The number of thiazole rings is 1. The van der Waals surface area contributed by atoms with Crippen molar-refractivity contribution in [2.45, 2.75) is 13.0 Å². The molecule has 1 aromatic heterocycles. The van der Waals surface area contributed by atoms with Crippen LogP contribution in [0.3, 0.4) is 0 Å². The van der Waals surface area contributed by atoms with Crippen LogP contribution in [0.1, 0.15) is 6.92 Å². The quantitative estimate of drug-likeness (QED) is 0.768. The number of anilines is 2. The molecule has 21 heavy (non-hydrogen) atoms. The lowest BCUT2D eigenvalue weighted by atomic mass is 10.2. The van der Waals surface area contributed by atoms with Gasteiger partial charge in [0.1, 0.15) is 6.04 Å². The lowest BCUT2D eigenvalue weighted by molar-refractivity contribution is -0.118. The second-order valence-corrected chi connectivity index (χ2v) is 5.46. The first-order valence-electron chi connectivity index (χ1n) is 6.23. The maximum absolute atomic E-state index is 11.8. The van der Waals surface area contributed by atoms with Crippen LogP contribution < -0.4 is 16.4 Å². The predicted molar refractivity (Wildman–Crippen MR) is 82.4 cm³/mol. The second-order valence-electron chi connectivity index (χ2n) is 4.43. The highest BCUT2D eigenvalue weighted by Crippen LogP contribution is 2.28. The number of nitrogens with zero attached hydrogens (tertiary/aromatic N) is 1. The first-order valence-corrected chi connectivity index (χ1v) is 7.05. The summed E-state index contributed by atoms with van der Waals surface area (Å²) in [6, 6.07) is 4.57. The molecule has 7 nitrogen and oxygen atoms in total. The molecule has 1 atom stereocenters. The van der Waals surface area contributed by atoms with Gasteiger partial charge in [0.15, 0.2) is 5.13 Å². The Kier molecular flexibility index (Phi) is 4.84. The average molecular weight is 308 g/mol. The average Bonchev–Trinajstić information content (AvgIpc) is 2.79. The predicted octanol–water partition coefficient (Wildman–Crippen LogP) is 1.17. The molecular weight excluding hydrogens is 292 g/mol. The van der Waals surface area contributed by atoms with E-state index < -0.39 is 6.04 Å². The van der Waals surface area contributed by atoms with Crippen molar-refractivity contribution in [1.82, 2.24) is 4.98 Å². The van der Waals surface area contributed by atoms with Crippen molar-refractivity contribution >= 4 is 44.2 Å². The van der Waals surface area contributed by atoms with Crippen molar-refractivity contribution in [1.29, 1.82) is 0 Å².